The summed E-state index contributed by atoms with van der Waals surface area (Å²) in [7, 11) is 1.97. The highest BCUT2D eigenvalue weighted by molar-refractivity contribution is 9.12. The van der Waals surface area contributed by atoms with Crippen molar-refractivity contribution in [2.24, 2.45) is 5.92 Å². The predicted octanol–water partition coefficient (Wildman–Crippen LogP) is 3.34. The van der Waals surface area contributed by atoms with Crippen molar-refractivity contribution in [2.75, 3.05) is 26.7 Å². The van der Waals surface area contributed by atoms with Gasteiger partial charge in [0.2, 0.25) is 0 Å². The van der Waals surface area contributed by atoms with Gasteiger partial charge in [0.1, 0.15) is 0 Å². The second kappa shape index (κ2) is 6.50. The van der Waals surface area contributed by atoms with Crippen molar-refractivity contribution in [2.45, 2.75) is 12.8 Å². The standard InChI is InChI=1S/C12H16Br2N2OS/c1-15-6-8-3-2-4-16(7-8)12(17)9-5-10(13)18-11(9)14/h5,8,15H,2-4,6-7H2,1H3. The Balaban J connectivity index is 2.06. The molecule has 2 heterocycles. The molecule has 1 amide bonds. The number of halogens is 2. The van der Waals surface area contributed by atoms with Gasteiger partial charge in [-0.05, 0) is 70.3 Å². The summed E-state index contributed by atoms with van der Waals surface area (Å²) in [6, 6.07) is 1.90. The van der Waals surface area contributed by atoms with Gasteiger partial charge in [-0.25, -0.2) is 0 Å². The normalized spacial score (nSPS) is 20.2. The summed E-state index contributed by atoms with van der Waals surface area (Å²) < 4.78 is 1.90. The molecule has 1 atom stereocenters. The van der Waals surface area contributed by atoms with E-state index in [0.717, 1.165) is 39.2 Å². The maximum atomic E-state index is 12.4. The Morgan fingerprint density at radius 3 is 3.00 bits per heavy atom. The Kier molecular flexibility index (Phi) is 5.24. The van der Waals surface area contributed by atoms with Crippen LogP contribution in [0.1, 0.15) is 23.2 Å². The molecule has 1 fully saturated rings. The number of amides is 1. The van der Waals surface area contributed by atoms with Crippen LogP contribution in [0.25, 0.3) is 0 Å². The summed E-state index contributed by atoms with van der Waals surface area (Å²) >= 11 is 8.42. The fourth-order valence-electron chi connectivity index (χ4n) is 2.36. The Morgan fingerprint density at radius 1 is 1.61 bits per heavy atom. The highest BCUT2D eigenvalue weighted by Gasteiger charge is 2.26. The Bertz CT molecular complexity index is 434. The fourth-order valence-corrected chi connectivity index (χ4v) is 5.14. The average molecular weight is 396 g/mol. The number of piperidine rings is 1. The Hall–Kier alpha value is 0.0900. The third-order valence-electron chi connectivity index (χ3n) is 3.19. The molecule has 1 aromatic rings. The largest absolute Gasteiger partial charge is 0.338 e. The molecule has 0 bridgehead atoms. The van der Waals surface area contributed by atoms with Gasteiger partial charge in [-0.1, -0.05) is 0 Å². The van der Waals surface area contributed by atoms with E-state index >= 15 is 0 Å². The molecular weight excluding hydrogens is 380 g/mol. The average Bonchev–Trinajstić information content (AvgIpc) is 2.68. The molecular formula is C12H16Br2N2OS. The highest BCUT2D eigenvalue weighted by Crippen LogP contribution is 2.33. The van der Waals surface area contributed by atoms with Crippen molar-refractivity contribution in [3.63, 3.8) is 0 Å². The number of carbonyl (C=O) groups excluding carboxylic acids is 1. The molecule has 6 heteroatoms. The molecule has 2 rings (SSSR count). The van der Waals surface area contributed by atoms with E-state index < -0.39 is 0 Å². The molecule has 1 saturated heterocycles. The van der Waals surface area contributed by atoms with Crippen LogP contribution in [0.5, 0.6) is 0 Å². The smallest absolute Gasteiger partial charge is 0.255 e. The zero-order chi connectivity index (χ0) is 13.1. The van der Waals surface area contributed by atoms with Gasteiger partial charge in [0.25, 0.3) is 5.91 Å². The quantitative estimate of drug-likeness (QED) is 0.850. The van der Waals surface area contributed by atoms with E-state index in [0.29, 0.717) is 5.92 Å². The van der Waals surface area contributed by atoms with Crippen molar-refractivity contribution in [3.8, 4) is 0 Å². The number of likely N-dealkylation sites (tertiary alicyclic amines) is 1. The first-order valence-electron chi connectivity index (χ1n) is 6.00. The van der Waals surface area contributed by atoms with Crippen molar-refractivity contribution in [3.05, 3.63) is 19.2 Å². The van der Waals surface area contributed by atoms with Crippen molar-refractivity contribution in [1.82, 2.24) is 10.2 Å². The van der Waals surface area contributed by atoms with Gasteiger partial charge >= 0.3 is 0 Å². The van der Waals surface area contributed by atoms with E-state index in [4.69, 9.17) is 0 Å². The van der Waals surface area contributed by atoms with Crippen LogP contribution >= 0.6 is 43.2 Å². The molecule has 0 aromatic carbocycles. The minimum absolute atomic E-state index is 0.143. The zero-order valence-electron chi connectivity index (χ0n) is 10.2. The number of nitrogens with zero attached hydrogens (tertiary/aromatic N) is 1. The molecule has 100 valence electrons. The van der Waals surface area contributed by atoms with Crippen molar-refractivity contribution < 1.29 is 4.79 Å². The molecule has 18 heavy (non-hydrogen) atoms. The van der Waals surface area contributed by atoms with E-state index in [2.05, 4.69) is 37.2 Å². The Morgan fingerprint density at radius 2 is 2.39 bits per heavy atom. The summed E-state index contributed by atoms with van der Waals surface area (Å²) in [6.45, 7) is 2.72. The topological polar surface area (TPSA) is 32.3 Å². The van der Waals surface area contributed by atoms with Gasteiger partial charge in [0.15, 0.2) is 0 Å². The highest BCUT2D eigenvalue weighted by atomic mass is 79.9. The molecule has 1 unspecified atom stereocenters. The van der Waals surface area contributed by atoms with Crippen molar-refractivity contribution >= 4 is 49.1 Å². The summed E-state index contributed by atoms with van der Waals surface area (Å²) in [5, 5.41) is 3.20. The third-order valence-corrected chi connectivity index (χ3v) is 5.53. The monoisotopic (exact) mass is 394 g/mol. The van der Waals surface area contributed by atoms with E-state index in [1.54, 1.807) is 11.3 Å². The number of nitrogens with one attached hydrogen (secondary N) is 1. The van der Waals surface area contributed by atoms with Gasteiger partial charge in [-0.3, -0.25) is 4.79 Å². The second-order valence-electron chi connectivity index (χ2n) is 4.55. The molecule has 0 radical (unpaired) electrons. The van der Waals surface area contributed by atoms with Crippen LogP contribution in [-0.4, -0.2) is 37.5 Å². The first-order chi connectivity index (χ1) is 8.61. The van der Waals surface area contributed by atoms with Crippen LogP contribution < -0.4 is 5.32 Å². The third kappa shape index (κ3) is 3.35. The number of carbonyl (C=O) groups is 1. The maximum absolute atomic E-state index is 12.4. The SMILES string of the molecule is CNCC1CCCN(C(=O)c2cc(Br)sc2Br)C1. The first-order valence-corrected chi connectivity index (χ1v) is 8.40. The van der Waals surface area contributed by atoms with Crippen LogP contribution in [0.4, 0.5) is 0 Å². The summed E-state index contributed by atoms with van der Waals surface area (Å²) in [5.41, 5.74) is 0.775. The van der Waals surface area contributed by atoms with E-state index in [9.17, 15) is 4.79 Å². The summed E-state index contributed by atoms with van der Waals surface area (Å²) in [6.07, 6.45) is 2.31. The maximum Gasteiger partial charge on any atom is 0.255 e. The lowest BCUT2D eigenvalue weighted by Crippen LogP contribution is -2.42. The molecule has 0 saturated carbocycles. The lowest BCUT2D eigenvalue weighted by atomic mass is 9.97. The predicted molar refractivity (Wildman–Crippen MR) is 82.3 cm³/mol. The van der Waals surface area contributed by atoms with Gasteiger partial charge in [0, 0.05) is 13.1 Å². The molecule has 3 nitrogen and oxygen atoms in total. The summed E-state index contributed by atoms with van der Waals surface area (Å²) in [4.78, 5) is 14.4. The minimum Gasteiger partial charge on any atom is -0.338 e. The van der Waals surface area contributed by atoms with Gasteiger partial charge < -0.3 is 10.2 Å². The van der Waals surface area contributed by atoms with Gasteiger partial charge in [-0.15, -0.1) is 11.3 Å². The molecule has 1 N–H and O–H groups in total. The number of rotatable bonds is 3. The van der Waals surface area contributed by atoms with E-state index in [1.807, 2.05) is 18.0 Å². The van der Waals surface area contributed by atoms with Gasteiger partial charge in [-0.2, -0.15) is 0 Å². The zero-order valence-corrected chi connectivity index (χ0v) is 14.2. The first kappa shape index (κ1) is 14.5. The minimum atomic E-state index is 0.143. The summed E-state index contributed by atoms with van der Waals surface area (Å²) in [5.74, 6) is 0.721. The van der Waals surface area contributed by atoms with Gasteiger partial charge in [0.05, 0.1) is 13.1 Å². The number of hydrogen-bond acceptors (Lipinski definition) is 3. The number of thiophene rings is 1. The number of hydrogen-bond donors (Lipinski definition) is 1. The van der Waals surface area contributed by atoms with Crippen LogP contribution in [0.15, 0.2) is 13.6 Å². The second-order valence-corrected chi connectivity index (χ2v) is 8.30. The van der Waals surface area contributed by atoms with Crippen LogP contribution in [0.3, 0.4) is 0 Å². The molecule has 0 spiro atoms. The molecule has 1 aliphatic heterocycles. The fraction of sp³-hybridized carbons (Fsp3) is 0.583. The van der Waals surface area contributed by atoms with E-state index in [-0.39, 0.29) is 5.91 Å². The van der Waals surface area contributed by atoms with E-state index in [1.165, 1.54) is 6.42 Å². The molecule has 1 aromatic heterocycles. The van der Waals surface area contributed by atoms with Crippen LogP contribution in [-0.2, 0) is 0 Å². The van der Waals surface area contributed by atoms with Crippen LogP contribution in [0.2, 0.25) is 0 Å². The lowest BCUT2D eigenvalue weighted by molar-refractivity contribution is 0.0674. The van der Waals surface area contributed by atoms with Crippen LogP contribution in [0, 0.1) is 5.92 Å². The molecule has 1 aliphatic rings. The lowest BCUT2D eigenvalue weighted by Gasteiger charge is -2.32. The molecule has 0 aliphatic carbocycles. The Labute approximate surface area is 128 Å². The van der Waals surface area contributed by atoms with Crippen molar-refractivity contribution in [1.29, 1.82) is 0 Å².